The Hall–Kier alpha value is -0.310. The summed E-state index contributed by atoms with van der Waals surface area (Å²) >= 11 is 0. The Labute approximate surface area is 79.0 Å². The minimum atomic E-state index is 0. The highest BCUT2D eigenvalue weighted by atomic mass is 35.5. The summed E-state index contributed by atoms with van der Waals surface area (Å²) in [6.07, 6.45) is 1.75. The first-order valence-electron chi connectivity index (χ1n) is 2.97. The third-order valence-corrected chi connectivity index (χ3v) is 1.15. The van der Waals surface area contributed by atoms with Gasteiger partial charge in [-0.1, -0.05) is 6.07 Å². The lowest BCUT2D eigenvalue weighted by molar-refractivity contribution is 0.781. The monoisotopic (exact) mass is 194 g/mol. The van der Waals surface area contributed by atoms with E-state index in [4.69, 9.17) is 5.73 Å². The molecule has 1 rings (SSSR count). The molecule has 1 heterocycles. The molecule has 64 valence electrons. The van der Waals surface area contributed by atoms with Crippen molar-refractivity contribution >= 4 is 24.8 Å². The Morgan fingerprint density at radius 2 is 2.00 bits per heavy atom. The van der Waals surface area contributed by atoms with Crippen LogP contribution in [-0.2, 0) is 0 Å². The topological polar surface area (TPSA) is 38.9 Å². The van der Waals surface area contributed by atoms with Crippen molar-refractivity contribution in [1.82, 2.24) is 4.98 Å². The molecule has 0 aliphatic rings. The number of halogens is 2. The van der Waals surface area contributed by atoms with Crippen molar-refractivity contribution in [2.75, 3.05) is 0 Å². The van der Waals surface area contributed by atoms with Crippen molar-refractivity contribution in [1.29, 1.82) is 0 Å². The average Bonchev–Trinajstić information content (AvgIpc) is 1.90. The summed E-state index contributed by atoms with van der Waals surface area (Å²) in [5.41, 5.74) is 6.49. The predicted octanol–water partition coefficient (Wildman–Crippen LogP) is 1.94. The molecule has 0 saturated carbocycles. The van der Waals surface area contributed by atoms with Crippen LogP contribution in [0, 0.1) is 0 Å². The SMILES string of the molecule is CC(N)c1ccccn1.Cl.Cl. The Balaban J connectivity index is 0. The quantitative estimate of drug-likeness (QED) is 0.743. The maximum absolute atomic E-state index is 5.55. The lowest BCUT2D eigenvalue weighted by atomic mass is 10.2. The number of hydrogen-bond acceptors (Lipinski definition) is 2. The number of nitrogens with zero attached hydrogens (tertiary/aromatic N) is 1. The Bertz CT molecular complexity index is 177. The highest BCUT2D eigenvalue weighted by molar-refractivity contribution is 5.85. The first-order chi connectivity index (χ1) is 4.30. The van der Waals surface area contributed by atoms with E-state index in [9.17, 15) is 0 Å². The van der Waals surface area contributed by atoms with Crippen molar-refractivity contribution in [2.45, 2.75) is 13.0 Å². The van der Waals surface area contributed by atoms with Gasteiger partial charge >= 0.3 is 0 Å². The van der Waals surface area contributed by atoms with Gasteiger partial charge in [0.2, 0.25) is 0 Å². The third kappa shape index (κ3) is 4.19. The van der Waals surface area contributed by atoms with E-state index >= 15 is 0 Å². The first-order valence-corrected chi connectivity index (χ1v) is 2.97. The van der Waals surface area contributed by atoms with Gasteiger partial charge in [0, 0.05) is 12.2 Å². The minimum Gasteiger partial charge on any atom is -0.323 e. The van der Waals surface area contributed by atoms with Gasteiger partial charge in [-0.25, -0.2) is 0 Å². The van der Waals surface area contributed by atoms with Crippen LogP contribution >= 0.6 is 24.8 Å². The molecular weight excluding hydrogens is 183 g/mol. The molecule has 0 bridgehead atoms. The third-order valence-electron chi connectivity index (χ3n) is 1.15. The number of hydrogen-bond donors (Lipinski definition) is 1. The highest BCUT2D eigenvalue weighted by Gasteiger charge is 1.95. The molecule has 4 heteroatoms. The van der Waals surface area contributed by atoms with Crippen molar-refractivity contribution < 1.29 is 0 Å². The van der Waals surface area contributed by atoms with Crippen LogP contribution in [-0.4, -0.2) is 4.98 Å². The normalized spacial score (nSPS) is 10.7. The molecule has 0 aromatic carbocycles. The molecule has 1 aromatic heterocycles. The predicted molar refractivity (Wildman–Crippen MR) is 51.3 cm³/mol. The zero-order valence-electron chi connectivity index (χ0n) is 6.23. The van der Waals surface area contributed by atoms with Crippen molar-refractivity contribution in [2.24, 2.45) is 5.73 Å². The molecule has 0 aliphatic carbocycles. The molecule has 0 saturated heterocycles. The van der Waals surface area contributed by atoms with Gasteiger partial charge in [0.15, 0.2) is 0 Å². The van der Waals surface area contributed by atoms with Gasteiger partial charge in [0.25, 0.3) is 0 Å². The van der Waals surface area contributed by atoms with Crippen molar-refractivity contribution in [3.8, 4) is 0 Å². The van der Waals surface area contributed by atoms with E-state index in [1.54, 1.807) is 6.20 Å². The molecule has 0 amide bonds. The summed E-state index contributed by atoms with van der Waals surface area (Å²) in [7, 11) is 0. The van der Waals surface area contributed by atoms with Crippen LogP contribution < -0.4 is 5.73 Å². The van der Waals surface area contributed by atoms with E-state index in [-0.39, 0.29) is 30.9 Å². The van der Waals surface area contributed by atoms with E-state index in [0.717, 1.165) is 5.69 Å². The van der Waals surface area contributed by atoms with Crippen LogP contribution in [0.15, 0.2) is 24.4 Å². The fraction of sp³-hybridized carbons (Fsp3) is 0.286. The van der Waals surface area contributed by atoms with Gasteiger partial charge in [-0.3, -0.25) is 4.98 Å². The van der Waals surface area contributed by atoms with Gasteiger partial charge in [-0.15, -0.1) is 24.8 Å². The lowest BCUT2D eigenvalue weighted by Gasteiger charge is -2.00. The maximum atomic E-state index is 5.55. The van der Waals surface area contributed by atoms with Gasteiger partial charge in [-0.2, -0.15) is 0 Å². The molecule has 1 unspecified atom stereocenters. The summed E-state index contributed by atoms with van der Waals surface area (Å²) in [6, 6.07) is 5.79. The van der Waals surface area contributed by atoms with Crippen molar-refractivity contribution in [3.63, 3.8) is 0 Å². The van der Waals surface area contributed by atoms with Crippen LogP contribution in [0.4, 0.5) is 0 Å². The Morgan fingerprint density at radius 3 is 2.27 bits per heavy atom. The number of nitrogens with two attached hydrogens (primary N) is 1. The second-order valence-electron chi connectivity index (χ2n) is 2.04. The molecule has 1 atom stereocenters. The van der Waals surface area contributed by atoms with Gasteiger partial charge in [0.1, 0.15) is 0 Å². The average molecular weight is 195 g/mol. The van der Waals surface area contributed by atoms with Gasteiger partial charge < -0.3 is 5.73 Å². The second kappa shape index (κ2) is 6.40. The van der Waals surface area contributed by atoms with E-state index in [0.29, 0.717) is 0 Å². The summed E-state index contributed by atoms with van der Waals surface area (Å²) in [5.74, 6) is 0. The van der Waals surface area contributed by atoms with Crippen LogP contribution in [0.1, 0.15) is 18.7 Å². The largest absolute Gasteiger partial charge is 0.323 e. The molecule has 11 heavy (non-hydrogen) atoms. The van der Waals surface area contributed by atoms with Crippen LogP contribution in [0.3, 0.4) is 0 Å². The van der Waals surface area contributed by atoms with E-state index in [1.165, 1.54) is 0 Å². The van der Waals surface area contributed by atoms with Gasteiger partial charge in [-0.05, 0) is 19.1 Å². The smallest absolute Gasteiger partial charge is 0.0568 e. The zero-order valence-corrected chi connectivity index (χ0v) is 7.86. The molecule has 0 aliphatic heterocycles. The molecule has 2 N–H and O–H groups in total. The molecule has 0 radical (unpaired) electrons. The van der Waals surface area contributed by atoms with Crippen LogP contribution in [0.25, 0.3) is 0 Å². The molecule has 0 fully saturated rings. The highest BCUT2D eigenvalue weighted by Crippen LogP contribution is 2.02. The molecule has 1 aromatic rings. The Morgan fingerprint density at radius 1 is 1.36 bits per heavy atom. The van der Waals surface area contributed by atoms with E-state index in [2.05, 4.69) is 4.98 Å². The summed E-state index contributed by atoms with van der Waals surface area (Å²) in [5, 5.41) is 0. The Kier molecular flexibility index (Phi) is 7.74. The standard InChI is InChI=1S/C7H10N2.2ClH/c1-6(8)7-4-2-3-5-9-7;;/h2-6H,8H2,1H3;2*1H. The zero-order chi connectivity index (χ0) is 6.69. The summed E-state index contributed by atoms with van der Waals surface area (Å²) < 4.78 is 0. The van der Waals surface area contributed by atoms with Crippen LogP contribution in [0.5, 0.6) is 0 Å². The molecule has 2 nitrogen and oxygen atoms in total. The van der Waals surface area contributed by atoms with E-state index in [1.807, 2.05) is 25.1 Å². The summed E-state index contributed by atoms with van der Waals surface area (Å²) in [4.78, 5) is 4.05. The molecular formula is C7H12Cl2N2. The fourth-order valence-electron chi connectivity index (χ4n) is 0.645. The second-order valence-corrected chi connectivity index (χ2v) is 2.04. The lowest BCUT2D eigenvalue weighted by Crippen LogP contribution is -2.06. The van der Waals surface area contributed by atoms with Crippen LogP contribution in [0.2, 0.25) is 0 Å². The van der Waals surface area contributed by atoms with E-state index < -0.39 is 0 Å². The maximum Gasteiger partial charge on any atom is 0.0568 e. The van der Waals surface area contributed by atoms with Crippen molar-refractivity contribution in [3.05, 3.63) is 30.1 Å². The number of rotatable bonds is 1. The fourth-order valence-corrected chi connectivity index (χ4v) is 0.645. The minimum absolute atomic E-state index is 0. The summed E-state index contributed by atoms with van der Waals surface area (Å²) in [6.45, 7) is 1.92. The number of pyridine rings is 1. The van der Waals surface area contributed by atoms with Gasteiger partial charge in [0.05, 0.1) is 5.69 Å². The number of aromatic nitrogens is 1. The first kappa shape index (κ1) is 13.3. The molecule has 0 spiro atoms.